The lowest BCUT2D eigenvalue weighted by Gasteiger charge is -2.28. The van der Waals surface area contributed by atoms with Crippen molar-refractivity contribution in [2.75, 3.05) is 14.2 Å². The van der Waals surface area contributed by atoms with Gasteiger partial charge in [-0.05, 0) is 30.2 Å². The van der Waals surface area contributed by atoms with Crippen molar-refractivity contribution in [3.63, 3.8) is 0 Å². The van der Waals surface area contributed by atoms with Gasteiger partial charge in [0, 0.05) is 12.1 Å². The zero-order valence-electron chi connectivity index (χ0n) is 16.5. The number of aryl methyl sites for hydroxylation is 1. The summed E-state index contributed by atoms with van der Waals surface area (Å²) >= 11 is 0. The average molecular weight is 406 g/mol. The molecule has 0 saturated heterocycles. The van der Waals surface area contributed by atoms with Crippen LogP contribution in [0.2, 0.25) is 0 Å². The Labute approximate surface area is 171 Å². The SMILES string of the molecule is COc1ccc([C@@H]2C(C#N)=C(N)Oc3c2c(O)cc2oc(=O)cc(C)c32)cc1OC. The molecule has 152 valence electrons. The van der Waals surface area contributed by atoms with Crippen molar-refractivity contribution in [2.24, 2.45) is 5.73 Å². The van der Waals surface area contributed by atoms with Crippen LogP contribution in [0.15, 0.2) is 51.0 Å². The van der Waals surface area contributed by atoms with Gasteiger partial charge in [0.2, 0.25) is 5.88 Å². The molecule has 3 N–H and O–H groups in total. The number of nitrogens with two attached hydrogens (primary N) is 1. The first-order valence-corrected chi connectivity index (χ1v) is 8.99. The molecule has 1 atom stereocenters. The van der Waals surface area contributed by atoms with Crippen molar-refractivity contribution in [1.29, 1.82) is 5.26 Å². The highest BCUT2D eigenvalue weighted by atomic mass is 16.5. The van der Waals surface area contributed by atoms with E-state index in [9.17, 15) is 15.2 Å². The first-order valence-electron chi connectivity index (χ1n) is 8.99. The number of ether oxygens (including phenoxy) is 3. The van der Waals surface area contributed by atoms with Gasteiger partial charge < -0.3 is 29.5 Å². The molecule has 0 amide bonds. The van der Waals surface area contributed by atoms with Gasteiger partial charge in [0.05, 0.1) is 31.1 Å². The summed E-state index contributed by atoms with van der Waals surface area (Å²) in [6.07, 6.45) is 0. The summed E-state index contributed by atoms with van der Waals surface area (Å²) in [6, 6.07) is 9.93. The number of methoxy groups -OCH3 is 2. The summed E-state index contributed by atoms with van der Waals surface area (Å²) in [7, 11) is 3.03. The van der Waals surface area contributed by atoms with Crippen LogP contribution in [-0.4, -0.2) is 19.3 Å². The minimum absolute atomic E-state index is 0.0951. The van der Waals surface area contributed by atoms with E-state index in [1.54, 1.807) is 25.1 Å². The van der Waals surface area contributed by atoms with Crippen LogP contribution in [0.3, 0.4) is 0 Å². The van der Waals surface area contributed by atoms with E-state index in [2.05, 4.69) is 6.07 Å². The number of hydrogen-bond acceptors (Lipinski definition) is 8. The molecule has 2 aromatic carbocycles. The smallest absolute Gasteiger partial charge is 0.336 e. The maximum absolute atomic E-state index is 11.8. The molecule has 0 radical (unpaired) electrons. The highest BCUT2D eigenvalue weighted by molar-refractivity contribution is 5.91. The molecule has 0 saturated carbocycles. The monoisotopic (exact) mass is 406 g/mol. The van der Waals surface area contributed by atoms with Crippen LogP contribution in [0.25, 0.3) is 11.0 Å². The lowest BCUT2D eigenvalue weighted by Crippen LogP contribution is -2.21. The number of fused-ring (bicyclic) bond motifs is 3. The summed E-state index contributed by atoms with van der Waals surface area (Å²) in [6.45, 7) is 1.73. The molecular weight excluding hydrogens is 388 g/mol. The highest BCUT2D eigenvalue weighted by Crippen LogP contribution is 2.50. The van der Waals surface area contributed by atoms with E-state index in [-0.39, 0.29) is 28.5 Å². The molecule has 0 aliphatic carbocycles. The summed E-state index contributed by atoms with van der Waals surface area (Å²) in [4.78, 5) is 11.8. The number of allylic oxidation sites excluding steroid dienone is 1. The second-order valence-electron chi connectivity index (χ2n) is 6.80. The molecule has 8 heteroatoms. The molecule has 2 heterocycles. The van der Waals surface area contributed by atoms with Gasteiger partial charge in [-0.3, -0.25) is 0 Å². The molecule has 0 unspecified atom stereocenters. The highest BCUT2D eigenvalue weighted by Gasteiger charge is 2.35. The van der Waals surface area contributed by atoms with Gasteiger partial charge in [-0.1, -0.05) is 6.07 Å². The molecule has 0 bridgehead atoms. The van der Waals surface area contributed by atoms with Gasteiger partial charge in [-0.2, -0.15) is 5.26 Å². The van der Waals surface area contributed by atoms with Gasteiger partial charge in [0.25, 0.3) is 0 Å². The van der Waals surface area contributed by atoms with Crippen LogP contribution in [0.4, 0.5) is 0 Å². The predicted octanol–water partition coefficient (Wildman–Crippen LogP) is 3.04. The van der Waals surface area contributed by atoms with Gasteiger partial charge in [0.15, 0.2) is 11.5 Å². The van der Waals surface area contributed by atoms with Crippen LogP contribution in [-0.2, 0) is 0 Å². The Kier molecular flexibility index (Phi) is 4.51. The zero-order chi connectivity index (χ0) is 21.6. The maximum Gasteiger partial charge on any atom is 0.336 e. The zero-order valence-corrected chi connectivity index (χ0v) is 16.5. The Bertz CT molecular complexity index is 1320. The molecule has 30 heavy (non-hydrogen) atoms. The standard InChI is InChI=1S/C22H18N2O6/c1-10-6-17(26)29-16-8-13(25)20-19(11-4-5-14(27-2)15(7-11)28-3)12(9-23)22(24)30-21(20)18(10)16/h4-8,19,25H,24H2,1-3H3/t19-/m1/s1. The van der Waals surface area contributed by atoms with Crippen molar-refractivity contribution in [3.05, 3.63) is 68.9 Å². The Morgan fingerprint density at radius 1 is 1.17 bits per heavy atom. The molecular formula is C22H18N2O6. The maximum atomic E-state index is 11.8. The Morgan fingerprint density at radius 3 is 2.57 bits per heavy atom. The molecule has 1 aliphatic rings. The first-order chi connectivity index (χ1) is 14.4. The summed E-state index contributed by atoms with van der Waals surface area (Å²) in [5, 5.41) is 21.1. The number of benzene rings is 2. The van der Waals surface area contributed by atoms with Gasteiger partial charge >= 0.3 is 5.63 Å². The predicted molar refractivity (Wildman–Crippen MR) is 108 cm³/mol. The van der Waals surface area contributed by atoms with E-state index < -0.39 is 11.5 Å². The topological polar surface area (TPSA) is 128 Å². The van der Waals surface area contributed by atoms with E-state index in [1.807, 2.05) is 0 Å². The van der Waals surface area contributed by atoms with Gasteiger partial charge in [-0.15, -0.1) is 0 Å². The largest absolute Gasteiger partial charge is 0.507 e. The summed E-state index contributed by atoms with van der Waals surface area (Å²) in [5.74, 6) is 0.205. The van der Waals surface area contributed by atoms with Crippen LogP contribution in [0, 0.1) is 18.3 Å². The minimum Gasteiger partial charge on any atom is -0.507 e. The second-order valence-corrected chi connectivity index (χ2v) is 6.80. The first kappa shape index (κ1) is 19.2. The van der Waals surface area contributed by atoms with Crippen molar-refractivity contribution < 1.29 is 23.7 Å². The number of phenols is 1. The van der Waals surface area contributed by atoms with Crippen molar-refractivity contribution in [3.8, 4) is 29.1 Å². The lowest BCUT2D eigenvalue weighted by molar-refractivity contribution is 0.354. The number of aromatic hydroxyl groups is 1. The van der Waals surface area contributed by atoms with Gasteiger partial charge in [0.1, 0.15) is 28.7 Å². The fourth-order valence-corrected chi connectivity index (χ4v) is 3.80. The molecule has 4 rings (SSSR count). The third kappa shape index (κ3) is 2.79. The summed E-state index contributed by atoms with van der Waals surface area (Å²) < 4.78 is 21.7. The number of nitriles is 1. The minimum atomic E-state index is -0.728. The van der Waals surface area contributed by atoms with E-state index in [1.165, 1.54) is 26.4 Å². The third-order valence-corrected chi connectivity index (χ3v) is 5.12. The van der Waals surface area contributed by atoms with Crippen molar-refractivity contribution >= 4 is 11.0 Å². The van der Waals surface area contributed by atoms with E-state index >= 15 is 0 Å². The number of hydrogen-bond donors (Lipinski definition) is 2. The Morgan fingerprint density at radius 2 is 1.90 bits per heavy atom. The van der Waals surface area contributed by atoms with Gasteiger partial charge in [-0.25, -0.2) is 4.79 Å². The second kappa shape index (κ2) is 7.04. The van der Waals surface area contributed by atoms with Crippen LogP contribution >= 0.6 is 0 Å². The van der Waals surface area contributed by atoms with E-state index in [0.29, 0.717) is 33.6 Å². The number of nitrogens with zero attached hydrogens (tertiary/aromatic N) is 1. The fraction of sp³-hybridized carbons (Fsp3) is 0.182. The van der Waals surface area contributed by atoms with Crippen LogP contribution in [0.5, 0.6) is 23.0 Å². The van der Waals surface area contributed by atoms with Crippen LogP contribution in [0.1, 0.15) is 22.6 Å². The summed E-state index contributed by atoms with van der Waals surface area (Å²) in [5.41, 5.74) is 7.42. The van der Waals surface area contributed by atoms with E-state index in [0.717, 1.165) is 0 Å². The molecule has 1 aromatic heterocycles. The molecule has 0 spiro atoms. The number of rotatable bonds is 3. The third-order valence-electron chi connectivity index (χ3n) is 5.12. The molecule has 3 aromatic rings. The Balaban J connectivity index is 2.07. The van der Waals surface area contributed by atoms with Crippen LogP contribution < -0.4 is 25.6 Å². The molecule has 0 fully saturated rings. The fourth-order valence-electron chi connectivity index (χ4n) is 3.80. The molecule has 1 aliphatic heterocycles. The van der Waals surface area contributed by atoms with E-state index in [4.69, 9.17) is 24.4 Å². The quantitative estimate of drug-likeness (QED) is 0.635. The molecule has 8 nitrogen and oxygen atoms in total. The Hall–Kier alpha value is -4.12. The van der Waals surface area contributed by atoms with Crippen molar-refractivity contribution in [2.45, 2.75) is 12.8 Å². The average Bonchev–Trinajstić information content (AvgIpc) is 2.71. The number of phenolic OH excluding ortho intramolecular Hbond substituents is 1. The lowest BCUT2D eigenvalue weighted by atomic mass is 9.82. The normalized spacial score (nSPS) is 15.3. The van der Waals surface area contributed by atoms with Crippen molar-refractivity contribution in [1.82, 2.24) is 0 Å².